The van der Waals surface area contributed by atoms with Crippen molar-refractivity contribution in [1.82, 2.24) is 20.4 Å². The van der Waals surface area contributed by atoms with E-state index in [0.29, 0.717) is 0 Å². The molecular weight excluding hydrogens is 200 g/mol. The van der Waals surface area contributed by atoms with Crippen LogP contribution in [0.4, 0.5) is 0 Å². The minimum Gasteiger partial charge on any atom is -0.311 e. The summed E-state index contributed by atoms with van der Waals surface area (Å²) >= 11 is 0. The maximum Gasteiger partial charge on any atom is 0.0638 e. The Balaban J connectivity index is 2.26. The van der Waals surface area contributed by atoms with Crippen LogP contribution in [0.2, 0.25) is 0 Å². The third kappa shape index (κ3) is 3.61. The first-order valence-corrected chi connectivity index (χ1v) is 6.12. The fourth-order valence-electron chi connectivity index (χ4n) is 1.82. The van der Waals surface area contributed by atoms with Crippen molar-refractivity contribution in [2.45, 2.75) is 34.2 Å². The molecule has 0 saturated carbocycles. The summed E-state index contributed by atoms with van der Waals surface area (Å²) < 4.78 is 0. The van der Waals surface area contributed by atoms with Gasteiger partial charge in [0.25, 0.3) is 0 Å². The van der Waals surface area contributed by atoms with Crippen LogP contribution in [0.5, 0.6) is 0 Å². The Morgan fingerprint density at radius 1 is 1.25 bits per heavy atom. The van der Waals surface area contributed by atoms with E-state index in [4.69, 9.17) is 0 Å². The van der Waals surface area contributed by atoms with Gasteiger partial charge in [-0.1, -0.05) is 13.8 Å². The summed E-state index contributed by atoms with van der Waals surface area (Å²) in [5.74, 6) is 0. The first kappa shape index (κ1) is 13.2. The molecule has 16 heavy (non-hydrogen) atoms. The van der Waals surface area contributed by atoms with E-state index in [-0.39, 0.29) is 0 Å². The topological polar surface area (TPSA) is 44.0 Å². The second-order valence-corrected chi connectivity index (χ2v) is 4.12. The summed E-state index contributed by atoms with van der Waals surface area (Å²) in [5, 5.41) is 10.7. The average Bonchev–Trinajstić information content (AvgIpc) is 2.60. The van der Waals surface area contributed by atoms with Crippen molar-refractivity contribution < 1.29 is 0 Å². The third-order valence-corrected chi connectivity index (χ3v) is 3.08. The lowest BCUT2D eigenvalue weighted by molar-refractivity contribution is 0.302. The van der Waals surface area contributed by atoms with Crippen LogP contribution >= 0.6 is 0 Å². The summed E-state index contributed by atoms with van der Waals surface area (Å²) in [6, 6.07) is 0. The molecule has 0 amide bonds. The van der Waals surface area contributed by atoms with Crippen LogP contribution in [-0.4, -0.2) is 41.3 Å². The Kier molecular flexibility index (Phi) is 5.49. The normalized spacial score (nSPS) is 11.3. The van der Waals surface area contributed by atoms with E-state index in [1.807, 2.05) is 6.92 Å². The highest BCUT2D eigenvalue weighted by atomic mass is 15.1. The predicted octanol–water partition coefficient (Wildman–Crippen LogP) is 1.46. The molecule has 1 aromatic heterocycles. The summed E-state index contributed by atoms with van der Waals surface area (Å²) in [5.41, 5.74) is 3.58. The van der Waals surface area contributed by atoms with E-state index < -0.39 is 0 Å². The lowest BCUT2D eigenvalue weighted by Crippen LogP contribution is -2.31. The smallest absolute Gasteiger partial charge is 0.0638 e. The Morgan fingerprint density at radius 3 is 2.44 bits per heavy atom. The van der Waals surface area contributed by atoms with E-state index in [0.717, 1.165) is 38.4 Å². The van der Waals surface area contributed by atoms with Crippen LogP contribution in [0, 0.1) is 13.8 Å². The number of hydrogen-bond donors (Lipinski definition) is 2. The summed E-state index contributed by atoms with van der Waals surface area (Å²) in [6.07, 6.45) is 0. The SMILES string of the molecule is CCN(CC)CCNCc1c(C)n[nH]c1C. The number of likely N-dealkylation sites (N-methyl/N-ethyl adjacent to an activating group) is 1. The van der Waals surface area contributed by atoms with Gasteiger partial charge in [-0.2, -0.15) is 5.10 Å². The minimum atomic E-state index is 0.912. The van der Waals surface area contributed by atoms with Crippen LogP contribution < -0.4 is 5.32 Å². The van der Waals surface area contributed by atoms with Gasteiger partial charge in [0.1, 0.15) is 0 Å². The highest BCUT2D eigenvalue weighted by Crippen LogP contribution is 2.07. The van der Waals surface area contributed by atoms with Gasteiger partial charge in [-0.25, -0.2) is 0 Å². The van der Waals surface area contributed by atoms with Crippen molar-refractivity contribution >= 4 is 0 Å². The van der Waals surface area contributed by atoms with E-state index in [9.17, 15) is 0 Å². The van der Waals surface area contributed by atoms with Crippen LogP contribution in [0.15, 0.2) is 0 Å². The molecule has 0 aliphatic heterocycles. The zero-order valence-corrected chi connectivity index (χ0v) is 10.9. The van der Waals surface area contributed by atoms with Crippen molar-refractivity contribution in [3.8, 4) is 0 Å². The highest BCUT2D eigenvalue weighted by molar-refractivity contribution is 5.22. The Morgan fingerprint density at radius 2 is 1.94 bits per heavy atom. The molecule has 0 aliphatic carbocycles. The number of rotatable bonds is 7. The fraction of sp³-hybridized carbons (Fsp3) is 0.750. The van der Waals surface area contributed by atoms with Gasteiger partial charge in [0, 0.05) is 30.9 Å². The van der Waals surface area contributed by atoms with Gasteiger partial charge < -0.3 is 10.2 Å². The molecular formula is C12H24N4. The first-order chi connectivity index (χ1) is 7.69. The van der Waals surface area contributed by atoms with E-state index in [1.54, 1.807) is 0 Å². The quantitative estimate of drug-likeness (QED) is 0.689. The molecule has 0 radical (unpaired) electrons. The highest BCUT2D eigenvalue weighted by Gasteiger charge is 2.05. The summed E-state index contributed by atoms with van der Waals surface area (Å²) in [4.78, 5) is 2.42. The van der Waals surface area contributed by atoms with E-state index in [1.165, 1.54) is 11.3 Å². The van der Waals surface area contributed by atoms with Crippen LogP contribution in [0.3, 0.4) is 0 Å². The molecule has 0 spiro atoms. The molecule has 0 atom stereocenters. The fourth-order valence-corrected chi connectivity index (χ4v) is 1.82. The maximum atomic E-state index is 4.19. The van der Waals surface area contributed by atoms with Gasteiger partial charge in [0.15, 0.2) is 0 Å². The molecule has 92 valence electrons. The van der Waals surface area contributed by atoms with Crippen LogP contribution in [-0.2, 0) is 6.54 Å². The van der Waals surface area contributed by atoms with Gasteiger partial charge in [-0.05, 0) is 26.9 Å². The lowest BCUT2D eigenvalue weighted by Gasteiger charge is -2.18. The number of hydrogen-bond acceptors (Lipinski definition) is 3. The average molecular weight is 224 g/mol. The van der Waals surface area contributed by atoms with Crippen molar-refractivity contribution in [2.24, 2.45) is 0 Å². The number of aromatic amines is 1. The number of aromatic nitrogens is 2. The number of nitrogens with one attached hydrogen (secondary N) is 2. The number of nitrogens with zero attached hydrogens (tertiary/aromatic N) is 2. The molecule has 1 rings (SSSR count). The van der Waals surface area contributed by atoms with Gasteiger partial charge in [-0.3, -0.25) is 5.10 Å². The second kappa shape index (κ2) is 6.66. The monoisotopic (exact) mass is 224 g/mol. The largest absolute Gasteiger partial charge is 0.311 e. The molecule has 1 heterocycles. The Labute approximate surface area is 98.4 Å². The van der Waals surface area contributed by atoms with Crippen molar-refractivity contribution in [2.75, 3.05) is 26.2 Å². The second-order valence-electron chi connectivity index (χ2n) is 4.12. The first-order valence-electron chi connectivity index (χ1n) is 6.12. The molecule has 4 nitrogen and oxygen atoms in total. The van der Waals surface area contributed by atoms with Crippen molar-refractivity contribution in [3.63, 3.8) is 0 Å². The zero-order valence-electron chi connectivity index (χ0n) is 10.9. The number of aryl methyl sites for hydroxylation is 2. The van der Waals surface area contributed by atoms with E-state index in [2.05, 4.69) is 41.2 Å². The van der Waals surface area contributed by atoms with Crippen LogP contribution in [0.1, 0.15) is 30.8 Å². The Hall–Kier alpha value is -0.870. The standard InChI is InChI=1S/C12H24N4/c1-5-16(6-2)8-7-13-9-12-10(3)14-15-11(12)4/h13H,5-9H2,1-4H3,(H,14,15). The third-order valence-electron chi connectivity index (χ3n) is 3.08. The van der Waals surface area contributed by atoms with Gasteiger partial charge in [0.2, 0.25) is 0 Å². The molecule has 4 heteroatoms. The molecule has 0 aliphatic rings. The number of H-pyrrole nitrogens is 1. The Bertz CT molecular complexity index is 282. The molecule has 0 unspecified atom stereocenters. The summed E-state index contributed by atoms with van der Waals surface area (Å²) in [7, 11) is 0. The van der Waals surface area contributed by atoms with E-state index >= 15 is 0 Å². The molecule has 2 N–H and O–H groups in total. The van der Waals surface area contributed by atoms with Crippen LogP contribution in [0.25, 0.3) is 0 Å². The molecule has 0 bridgehead atoms. The molecule has 1 aromatic rings. The maximum absolute atomic E-state index is 4.19. The molecule has 0 fully saturated rings. The minimum absolute atomic E-state index is 0.912. The van der Waals surface area contributed by atoms with Gasteiger partial charge in [-0.15, -0.1) is 0 Å². The molecule has 0 aromatic carbocycles. The van der Waals surface area contributed by atoms with Gasteiger partial charge in [0.05, 0.1) is 5.69 Å². The van der Waals surface area contributed by atoms with Crippen molar-refractivity contribution in [1.29, 1.82) is 0 Å². The predicted molar refractivity (Wildman–Crippen MR) is 67.6 cm³/mol. The molecule has 0 saturated heterocycles. The summed E-state index contributed by atoms with van der Waals surface area (Å²) in [6.45, 7) is 13.8. The van der Waals surface area contributed by atoms with Gasteiger partial charge >= 0.3 is 0 Å². The lowest BCUT2D eigenvalue weighted by atomic mass is 10.2. The zero-order chi connectivity index (χ0) is 12.0. The van der Waals surface area contributed by atoms with Crippen molar-refractivity contribution in [3.05, 3.63) is 17.0 Å².